The van der Waals surface area contributed by atoms with E-state index in [1.165, 1.54) is 0 Å². The molecule has 4 nitrogen and oxygen atoms in total. The average molecular weight is 144 g/mol. The molecule has 1 heterocycles. The number of ether oxygens (including phenoxy) is 1. The number of carbonyl (C=O) groups is 1. The zero-order valence-electron chi connectivity index (χ0n) is 5.63. The van der Waals surface area contributed by atoms with Crippen molar-refractivity contribution in [3.05, 3.63) is 0 Å². The van der Waals surface area contributed by atoms with Gasteiger partial charge in [0.05, 0.1) is 6.10 Å². The summed E-state index contributed by atoms with van der Waals surface area (Å²) in [7, 11) is 0. The lowest BCUT2D eigenvalue weighted by Crippen LogP contribution is -2.29. The predicted octanol–water partition coefficient (Wildman–Crippen LogP) is 0.305. The normalized spacial score (nSPS) is 24.6. The van der Waals surface area contributed by atoms with Crippen LogP contribution >= 0.6 is 0 Å². The van der Waals surface area contributed by atoms with Gasteiger partial charge < -0.3 is 10.1 Å². The molecule has 0 aliphatic carbocycles. The number of carbonyl (C=O) groups excluding carboxylic acids is 1. The largest absolute Gasteiger partial charge is 0.450 e. The Bertz CT molecular complexity index is 120. The second-order valence-electron chi connectivity index (χ2n) is 2.30. The van der Waals surface area contributed by atoms with Crippen LogP contribution in [0.25, 0.3) is 0 Å². The highest BCUT2D eigenvalue weighted by atomic mass is 16.5. The fourth-order valence-corrected chi connectivity index (χ4v) is 1.00. The summed E-state index contributed by atoms with van der Waals surface area (Å²) in [6.07, 6.45) is 0.813. The zero-order valence-corrected chi connectivity index (χ0v) is 5.63. The van der Waals surface area contributed by atoms with Gasteiger partial charge in [-0.1, -0.05) is 0 Å². The Kier molecular flexibility index (Phi) is 2.50. The molecule has 4 heteroatoms. The molecule has 1 radical (unpaired) electrons. The van der Waals surface area contributed by atoms with Crippen LogP contribution in [-0.4, -0.2) is 25.3 Å². The minimum absolute atomic E-state index is 0.0675. The summed E-state index contributed by atoms with van der Waals surface area (Å²) in [4.78, 5) is 9.88. The Hall–Kier alpha value is -0.770. The second kappa shape index (κ2) is 3.41. The molecular formula is C6H10NO3. The summed E-state index contributed by atoms with van der Waals surface area (Å²) in [6, 6.07) is 0. The molecule has 1 fully saturated rings. The van der Waals surface area contributed by atoms with Crippen LogP contribution in [0.3, 0.4) is 0 Å². The highest BCUT2D eigenvalue weighted by Crippen LogP contribution is 2.10. The Morgan fingerprint density at radius 1 is 1.70 bits per heavy atom. The van der Waals surface area contributed by atoms with Crippen LogP contribution in [-0.2, 0) is 9.84 Å². The molecular weight excluding hydrogens is 134 g/mol. The van der Waals surface area contributed by atoms with Crippen molar-refractivity contribution < 1.29 is 14.6 Å². The first-order chi connectivity index (χ1) is 4.79. The third-order valence-electron chi connectivity index (χ3n) is 1.50. The molecule has 0 aromatic heterocycles. The highest BCUT2D eigenvalue weighted by molar-refractivity contribution is 5.63. The number of amides is 1. The van der Waals surface area contributed by atoms with Gasteiger partial charge in [-0.25, -0.2) is 9.90 Å². The summed E-state index contributed by atoms with van der Waals surface area (Å²) in [5.41, 5.74) is 0. The molecule has 1 rings (SSSR count). The van der Waals surface area contributed by atoms with Crippen LogP contribution < -0.4 is 5.32 Å². The first kappa shape index (κ1) is 7.34. The van der Waals surface area contributed by atoms with E-state index in [1.807, 2.05) is 0 Å². The number of hydrogen-bond acceptors (Lipinski definition) is 2. The van der Waals surface area contributed by atoms with Gasteiger partial charge in [-0.05, 0) is 12.8 Å². The molecule has 0 aromatic carbocycles. The van der Waals surface area contributed by atoms with E-state index in [1.54, 1.807) is 0 Å². The van der Waals surface area contributed by atoms with Crippen molar-refractivity contribution in [3.63, 3.8) is 0 Å². The maximum atomic E-state index is 9.88. The van der Waals surface area contributed by atoms with Crippen LogP contribution in [0.5, 0.6) is 0 Å². The van der Waals surface area contributed by atoms with Crippen LogP contribution in [0.15, 0.2) is 0 Å². The second-order valence-corrected chi connectivity index (χ2v) is 2.30. The van der Waals surface area contributed by atoms with E-state index in [4.69, 9.17) is 4.74 Å². The number of hydrogen-bond donors (Lipinski definition) is 1. The quantitative estimate of drug-likeness (QED) is 0.606. The van der Waals surface area contributed by atoms with Crippen molar-refractivity contribution in [1.29, 1.82) is 0 Å². The summed E-state index contributed by atoms with van der Waals surface area (Å²) in [6.45, 7) is 1.11. The lowest BCUT2D eigenvalue weighted by molar-refractivity contribution is 0.105. The van der Waals surface area contributed by atoms with E-state index in [9.17, 15) is 9.90 Å². The van der Waals surface area contributed by atoms with Gasteiger partial charge in [-0.15, -0.1) is 0 Å². The third kappa shape index (κ3) is 2.23. The number of rotatable bonds is 2. The maximum absolute atomic E-state index is 9.88. The molecule has 1 amide bonds. The fraction of sp³-hybridized carbons (Fsp3) is 0.833. The van der Waals surface area contributed by atoms with Gasteiger partial charge in [-0.3, -0.25) is 0 Å². The number of nitrogens with one attached hydrogen (secondary N) is 1. The first-order valence-corrected chi connectivity index (χ1v) is 3.35. The fourth-order valence-electron chi connectivity index (χ4n) is 1.00. The molecule has 1 atom stereocenters. The molecule has 1 aliphatic rings. The van der Waals surface area contributed by atoms with Gasteiger partial charge in [0, 0.05) is 13.2 Å². The van der Waals surface area contributed by atoms with Crippen LogP contribution in [0, 0.1) is 0 Å². The molecule has 0 bridgehead atoms. The molecule has 0 aromatic rings. The Balaban J connectivity index is 2.07. The Morgan fingerprint density at radius 3 is 3.00 bits per heavy atom. The highest BCUT2D eigenvalue weighted by Gasteiger charge is 2.15. The lowest BCUT2D eigenvalue weighted by Gasteiger charge is -2.06. The van der Waals surface area contributed by atoms with Gasteiger partial charge in [0.1, 0.15) is 0 Å². The zero-order chi connectivity index (χ0) is 7.40. The SMILES string of the molecule is [O]C(=O)NCC1CCCO1. The van der Waals surface area contributed by atoms with E-state index in [-0.39, 0.29) is 6.10 Å². The van der Waals surface area contributed by atoms with Crippen molar-refractivity contribution in [2.24, 2.45) is 0 Å². The molecule has 1 saturated heterocycles. The predicted molar refractivity (Wildman–Crippen MR) is 33.1 cm³/mol. The van der Waals surface area contributed by atoms with Gasteiger partial charge in [0.25, 0.3) is 0 Å². The van der Waals surface area contributed by atoms with Gasteiger partial charge in [0.2, 0.25) is 0 Å². The molecule has 0 spiro atoms. The van der Waals surface area contributed by atoms with E-state index in [2.05, 4.69) is 5.32 Å². The Labute approximate surface area is 59.2 Å². The van der Waals surface area contributed by atoms with Crippen LogP contribution in [0.4, 0.5) is 4.79 Å². The van der Waals surface area contributed by atoms with Gasteiger partial charge >= 0.3 is 6.09 Å². The first-order valence-electron chi connectivity index (χ1n) is 3.35. The van der Waals surface area contributed by atoms with Gasteiger partial charge in [0.15, 0.2) is 0 Å². The van der Waals surface area contributed by atoms with Gasteiger partial charge in [-0.2, -0.15) is 0 Å². The molecule has 0 saturated carbocycles. The molecule has 10 heavy (non-hydrogen) atoms. The van der Waals surface area contributed by atoms with Crippen LogP contribution in [0.1, 0.15) is 12.8 Å². The smallest absolute Gasteiger partial charge is 0.376 e. The monoisotopic (exact) mass is 144 g/mol. The van der Waals surface area contributed by atoms with Crippen molar-refractivity contribution in [2.45, 2.75) is 18.9 Å². The van der Waals surface area contributed by atoms with Crippen molar-refractivity contribution >= 4 is 6.09 Å². The summed E-state index contributed by atoms with van der Waals surface area (Å²) < 4.78 is 5.15. The summed E-state index contributed by atoms with van der Waals surface area (Å²) in [5.74, 6) is 0. The van der Waals surface area contributed by atoms with Crippen molar-refractivity contribution in [2.75, 3.05) is 13.2 Å². The third-order valence-corrected chi connectivity index (χ3v) is 1.50. The van der Waals surface area contributed by atoms with Crippen molar-refractivity contribution in [1.82, 2.24) is 5.32 Å². The molecule has 1 N–H and O–H groups in total. The van der Waals surface area contributed by atoms with E-state index >= 15 is 0 Å². The topological polar surface area (TPSA) is 58.2 Å². The minimum Gasteiger partial charge on any atom is -0.376 e. The van der Waals surface area contributed by atoms with Crippen molar-refractivity contribution in [3.8, 4) is 0 Å². The molecule has 57 valence electrons. The lowest BCUT2D eigenvalue weighted by atomic mass is 10.2. The maximum Gasteiger partial charge on any atom is 0.450 e. The summed E-state index contributed by atoms with van der Waals surface area (Å²) in [5, 5.41) is 12.0. The van der Waals surface area contributed by atoms with E-state index < -0.39 is 6.09 Å². The molecule has 1 aliphatic heterocycles. The Morgan fingerprint density at radius 2 is 2.50 bits per heavy atom. The van der Waals surface area contributed by atoms with E-state index in [0.717, 1.165) is 19.4 Å². The minimum atomic E-state index is -1.23. The average Bonchev–Trinajstić information content (AvgIpc) is 2.34. The molecule has 1 unspecified atom stereocenters. The van der Waals surface area contributed by atoms with E-state index in [0.29, 0.717) is 6.54 Å². The summed E-state index contributed by atoms with van der Waals surface area (Å²) >= 11 is 0. The van der Waals surface area contributed by atoms with Crippen LogP contribution in [0.2, 0.25) is 0 Å². The standard InChI is InChI=1S/C6H10NO3/c8-6(9)7-4-5-2-1-3-10-5/h5,7H,1-4H2.